The molecule has 0 aromatic carbocycles. The number of rotatable bonds is 5. The van der Waals surface area contributed by atoms with Crippen LogP contribution in [0.15, 0.2) is 0 Å². The summed E-state index contributed by atoms with van der Waals surface area (Å²) in [7, 11) is 1.80. The van der Waals surface area contributed by atoms with E-state index in [1.54, 1.807) is 0 Å². The molecule has 1 unspecified atom stereocenters. The van der Waals surface area contributed by atoms with Crippen LogP contribution in [0.25, 0.3) is 0 Å². The summed E-state index contributed by atoms with van der Waals surface area (Å²) in [6.07, 6.45) is 3.13. The summed E-state index contributed by atoms with van der Waals surface area (Å²) in [6, 6.07) is 0. The fraction of sp³-hybridized carbons (Fsp3) is 1.00. The molecule has 0 aromatic rings. The normalized spacial score (nSPS) is 14.8. The molecular formula is C7H15ClO2S. The highest BCUT2D eigenvalue weighted by Gasteiger charge is 2.11. The molecule has 0 saturated heterocycles. The lowest BCUT2D eigenvalue weighted by atomic mass is 10.1. The third-order valence-electron chi connectivity index (χ3n) is 1.53. The van der Waals surface area contributed by atoms with E-state index in [1.165, 1.54) is 0 Å². The quantitative estimate of drug-likeness (QED) is 0.636. The van der Waals surface area contributed by atoms with Gasteiger partial charge in [-0.05, 0) is 12.3 Å². The van der Waals surface area contributed by atoms with E-state index < -0.39 is 9.05 Å². The van der Waals surface area contributed by atoms with Crippen molar-refractivity contribution in [2.45, 2.75) is 33.1 Å². The summed E-state index contributed by atoms with van der Waals surface area (Å²) in [5.41, 5.74) is 0. The second-order valence-corrected chi connectivity index (χ2v) is 5.77. The van der Waals surface area contributed by atoms with Crippen LogP contribution in [0.4, 0.5) is 0 Å². The number of hydrogen-bond acceptors (Lipinski definition) is 2. The summed E-state index contributed by atoms with van der Waals surface area (Å²) in [5.74, 6) is 0.298. The fourth-order valence-corrected chi connectivity index (χ4v) is 2.47. The van der Waals surface area contributed by atoms with Gasteiger partial charge in [0.25, 0.3) is 0 Å². The van der Waals surface area contributed by atoms with Gasteiger partial charge in [-0.1, -0.05) is 26.7 Å². The van der Waals surface area contributed by atoms with Crippen molar-refractivity contribution in [1.29, 1.82) is 0 Å². The highest BCUT2D eigenvalue weighted by molar-refractivity contribution is 8.13. The molecule has 0 aliphatic carbocycles. The molecule has 0 spiro atoms. The van der Waals surface area contributed by atoms with Crippen molar-refractivity contribution < 1.29 is 8.42 Å². The van der Waals surface area contributed by atoms with Crippen molar-refractivity contribution >= 4 is 19.7 Å². The van der Waals surface area contributed by atoms with Gasteiger partial charge >= 0.3 is 0 Å². The molecule has 0 aliphatic heterocycles. The Morgan fingerprint density at radius 1 is 1.45 bits per heavy atom. The Hall–Kier alpha value is 0.240. The zero-order valence-corrected chi connectivity index (χ0v) is 8.58. The van der Waals surface area contributed by atoms with Gasteiger partial charge in [-0.2, -0.15) is 0 Å². The van der Waals surface area contributed by atoms with Crippen LogP contribution in [-0.4, -0.2) is 14.2 Å². The molecule has 0 radical (unpaired) electrons. The first-order valence-electron chi connectivity index (χ1n) is 3.88. The van der Waals surface area contributed by atoms with Crippen molar-refractivity contribution in [3.05, 3.63) is 0 Å². The smallest absolute Gasteiger partial charge is 0.212 e. The van der Waals surface area contributed by atoms with E-state index in [2.05, 4.69) is 6.92 Å². The number of unbranched alkanes of at least 4 members (excludes halogenated alkanes) is 1. The van der Waals surface area contributed by atoms with Crippen LogP contribution < -0.4 is 0 Å². The van der Waals surface area contributed by atoms with Crippen molar-refractivity contribution in [2.24, 2.45) is 5.92 Å². The molecule has 0 fully saturated rings. The predicted octanol–water partition coefficient (Wildman–Crippen LogP) is 2.38. The third kappa shape index (κ3) is 8.14. The average molecular weight is 199 g/mol. The molecular weight excluding hydrogens is 184 g/mol. The summed E-state index contributed by atoms with van der Waals surface area (Å²) in [6.45, 7) is 4.00. The lowest BCUT2D eigenvalue weighted by molar-refractivity contribution is 0.536. The third-order valence-corrected chi connectivity index (χ3v) is 2.88. The van der Waals surface area contributed by atoms with E-state index in [0.29, 0.717) is 0 Å². The Morgan fingerprint density at radius 2 is 2.00 bits per heavy atom. The standard InChI is InChI=1S/C7H15ClO2S/c1-3-4-5-7(2)6-11(8,9)10/h7H,3-6H2,1-2H3. The van der Waals surface area contributed by atoms with Gasteiger partial charge in [-0.15, -0.1) is 0 Å². The summed E-state index contributed by atoms with van der Waals surface area (Å²) < 4.78 is 21.1. The van der Waals surface area contributed by atoms with Crippen molar-refractivity contribution in [3.8, 4) is 0 Å². The zero-order valence-electron chi connectivity index (χ0n) is 7.01. The maximum absolute atomic E-state index is 10.6. The summed E-state index contributed by atoms with van der Waals surface area (Å²) >= 11 is 0. The van der Waals surface area contributed by atoms with E-state index in [9.17, 15) is 8.42 Å². The van der Waals surface area contributed by atoms with Crippen molar-refractivity contribution in [1.82, 2.24) is 0 Å². The van der Waals surface area contributed by atoms with E-state index in [0.717, 1.165) is 19.3 Å². The number of halogens is 1. The minimum absolute atomic E-state index is 0.106. The van der Waals surface area contributed by atoms with Crippen LogP contribution in [0.5, 0.6) is 0 Å². The maximum Gasteiger partial charge on any atom is 0.232 e. The molecule has 0 amide bonds. The summed E-state index contributed by atoms with van der Waals surface area (Å²) in [5, 5.41) is 0. The van der Waals surface area contributed by atoms with Gasteiger partial charge in [0.1, 0.15) is 0 Å². The molecule has 0 aliphatic rings. The van der Waals surface area contributed by atoms with Gasteiger partial charge in [0, 0.05) is 10.7 Å². The van der Waals surface area contributed by atoms with E-state index in [1.807, 2.05) is 6.92 Å². The van der Waals surface area contributed by atoms with Crippen LogP contribution in [0.3, 0.4) is 0 Å². The second kappa shape index (κ2) is 4.99. The molecule has 0 rings (SSSR count). The minimum atomic E-state index is -3.28. The lowest BCUT2D eigenvalue weighted by Gasteiger charge is -2.06. The largest absolute Gasteiger partial charge is 0.232 e. The highest BCUT2D eigenvalue weighted by Crippen LogP contribution is 2.12. The summed E-state index contributed by atoms with van der Waals surface area (Å²) in [4.78, 5) is 0. The lowest BCUT2D eigenvalue weighted by Crippen LogP contribution is -2.07. The molecule has 0 N–H and O–H groups in total. The van der Waals surface area contributed by atoms with E-state index >= 15 is 0 Å². The van der Waals surface area contributed by atoms with Crippen LogP contribution >= 0.6 is 10.7 Å². The molecule has 2 nitrogen and oxygen atoms in total. The topological polar surface area (TPSA) is 34.1 Å². The monoisotopic (exact) mass is 198 g/mol. The van der Waals surface area contributed by atoms with Crippen LogP contribution in [0.2, 0.25) is 0 Å². The fourth-order valence-electron chi connectivity index (χ4n) is 0.976. The van der Waals surface area contributed by atoms with Gasteiger partial charge in [0.15, 0.2) is 0 Å². The van der Waals surface area contributed by atoms with E-state index in [4.69, 9.17) is 10.7 Å². The molecule has 1 atom stereocenters. The SMILES string of the molecule is CCCCC(C)CS(=O)(=O)Cl. The predicted molar refractivity (Wildman–Crippen MR) is 48.3 cm³/mol. The Kier molecular flexibility index (Phi) is 5.10. The second-order valence-electron chi connectivity index (χ2n) is 2.95. The van der Waals surface area contributed by atoms with Crippen molar-refractivity contribution in [2.75, 3.05) is 5.75 Å². The number of hydrogen-bond donors (Lipinski definition) is 0. The van der Waals surface area contributed by atoms with Crippen LogP contribution in [0.1, 0.15) is 33.1 Å². The van der Waals surface area contributed by atoms with Gasteiger partial charge < -0.3 is 0 Å². The van der Waals surface area contributed by atoms with Gasteiger partial charge in [-0.25, -0.2) is 8.42 Å². The Bertz CT molecular complexity index is 187. The molecule has 0 heterocycles. The first kappa shape index (κ1) is 11.2. The Balaban J connectivity index is 3.61. The molecule has 68 valence electrons. The Morgan fingerprint density at radius 3 is 2.36 bits per heavy atom. The molecule has 4 heteroatoms. The molecule has 0 saturated carbocycles. The molecule has 0 aromatic heterocycles. The Labute approximate surface area is 73.4 Å². The minimum Gasteiger partial charge on any atom is -0.212 e. The van der Waals surface area contributed by atoms with Crippen LogP contribution in [-0.2, 0) is 9.05 Å². The van der Waals surface area contributed by atoms with Crippen LogP contribution in [0, 0.1) is 5.92 Å². The highest BCUT2D eigenvalue weighted by atomic mass is 35.7. The molecule has 0 bridgehead atoms. The average Bonchev–Trinajstić information content (AvgIpc) is 1.79. The van der Waals surface area contributed by atoms with Gasteiger partial charge in [-0.3, -0.25) is 0 Å². The maximum atomic E-state index is 10.6. The van der Waals surface area contributed by atoms with E-state index in [-0.39, 0.29) is 11.7 Å². The van der Waals surface area contributed by atoms with Gasteiger partial charge in [0.05, 0.1) is 5.75 Å². The zero-order chi connectivity index (χ0) is 8.91. The first-order valence-corrected chi connectivity index (χ1v) is 6.36. The first-order chi connectivity index (χ1) is 4.95. The van der Waals surface area contributed by atoms with Crippen molar-refractivity contribution in [3.63, 3.8) is 0 Å². The molecule has 11 heavy (non-hydrogen) atoms. The van der Waals surface area contributed by atoms with Gasteiger partial charge in [0.2, 0.25) is 9.05 Å².